The Balaban J connectivity index is 1.60. The Hall–Kier alpha value is -2.58. The fourth-order valence-electron chi connectivity index (χ4n) is 2.56. The van der Waals surface area contributed by atoms with Gasteiger partial charge in [-0.25, -0.2) is 4.79 Å². The first-order chi connectivity index (χ1) is 10.8. The summed E-state index contributed by atoms with van der Waals surface area (Å²) in [5, 5.41) is 11.5. The predicted octanol–water partition coefficient (Wildman–Crippen LogP) is 2.34. The van der Waals surface area contributed by atoms with Gasteiger partial charge < -0.3 is 24.8 Å². The van der Waals surface area contributed by atoms with Crippen LogP contribution in [0, 0.1) is 5.92 Å². The molecular formula is C14H14F2N2O5. The molecule has 124 valence electrons. The number of amides is 2. The number of aliphatic carboxylic acids is 1. The molecule has 23 heavy (non-hydrogen) atoms. The second-order valence-corrected chi connectivity index (χ2v) is 5.36. The molecule has 0 atom stereocenters. The predicted molar refractivity (Wildman–Crippen MR) is 73.6 cm³/mol. The van der Waals surface area contributed by atoms with Crippen molar-refractivity contribution < 1.29 is 33.0 Å². The minimum Gasteiger partial charge on any atom is -0.481 e. The SMILES string of the molecule is O=C(O)C1CCN(C(=O)Nc2ccc3c(c2)OC(F)(F)O3)CC1. The Kier molecular flexibility index (Phi) is 3.70. The molecule has 2 aliphatic rings. The number of carboxylic acid groups (broad SMARTS) is 1. The van der Waals surface area contributed by atoms with Crippen LogP contribution in [0.1, 0.15) is 12.8 Å². The number of carboxylic acids is 1. The largest absolute Gasteiger partial charge is 0.586 e. The zero-order valence-corrected chi connectivity index (χ0v) is 11.9. The van der Waals surface area contributed by atoms with Crippen LogP contribution in [0.3, 0.4) is 0 Å². The van der Waals surface area contributed by atoms with Crippen LogP contribution < -0.4 is 14.8 Å². The number of nitrogens with one attached hydrogen (secondary N) is 1. The number of fused-ring (bicyclic) bond motifs is 1. The summed E-state index contributed by atoms with van der Waals surface area (Å²) in [6.07, 6.45) is -2.93. The number of carbonyl (C=O) groups is 2. The van der Waals surface area contributed by atoms with E-state index in [1.807, 2.05) is 0 Å². The van der Waals surface area contributed by atoms with Crippen LogP contribution in [0.2, 0.25) is 0 Å². The van der Waals surface area contributed by atoms with Crippen LogP contribution in [-0.2, 0) is 4.79 Å². The minimum absolute atomic E-state index is 0.102. The number of carbonyl (C=O) groups excluding carboxylic acids is 1. The van der Waals surface area contributed by atoms with Gasteiger partial charge in [0.25, 0.3) is 0 Å². The van der Waals surface area contributed by atoms with Crippen molar-refractivity contribution in [2.45, 2.75) is 19.1 Å². The van der Waals surface area contributed by atoms with Crippen molar-refractivity contribution >= 4 is 17.7 Å². The average molecular weight is 328 g/mol. The summed E-state index contributed by atoms with van der Waals surface area (Å²) in [4.78, 5) is 24.5. The van der Waals surface area contributed by atoms with E-state index in [0.29, 0.717) is 25.9 Å². The molecule has 0 saturated carbocycles. The molecule has 0 radical (unpaired) electrons. The van der Waals surface area contributed by atoms with E-state index in [-0.39, 0.29) is 17.2 Å². The lowest BCUT2D eigenvalue weighted by molar-refractivity contribution is -0.286. The lowest BCUT2D eigenvalue weighted by atomic mass is 9.97. The summed E-state index contributed by atoms with van der Waals surface area (Å²) in [6.45, 7) is 0.650. The van der Waals surface area contributed by atoms with E-state index in [0.717, 1.165) is 0 Å². The maximum absolute atomic E-state index is 12.9. The van der Waals surface area contributed by atoms with Crippen molar-refractivity contribution in [3.05, 3.63) is 18.2 Å². The molecule has 1 saturated heterocycles. The summed E-state index contributed by atoms with van der Waals surface area (Å²) in [5.41, 5.74) is 0.287. The molecule has 2 aliphatic heterocycles. The molecule has 1 aromatic carbocycles. The Morgan fingerprint density at radius 1 is 1.22 bits per heavy atom. The molecule has 9 heteroatoms. The van der Waals surface area contributed by atoms with Crippen molar-refractivity contribution in [3.63, 3.8) is 0 Å². The number of alkyl halides is 2. The number of hydrogen-bond acceptors (Lipinski definition) is 4. The first kappa shape index (κ1) is 15.3. The highest BCUT2D eigenvalue weighted by atomic mass is 19.3. The smallest absolute Gasteiger partial charge is 0.481 e. The normalized spacial score (nSPS) is 19.5. The number of hydrogen-bond donors (Lipinski definition) is 2. The van der Waals surface area contributed by atoms with Gasteiger partial charge in [0.05, 0.1) is 5.92 Å². The molecule has 1 aromatic rings. The Morgan fingerprint density at radius 2 is 1.87 bits per heavy atom. The van der Waals surface area contributed by atoms with Crippen LogP contribution in [0.15, 0.2) is 18.2 Å². The molecule has 3 rings (SSSR count). The number of ether oxygens (including phenoxy) is 2. The van der Waals surface area contributed by atoms with Crippen LogP contribution in [-0.4, -0.2) is 41.4 Å². The van der Waals surface area contributed by atoms with Crippen LogP contribution in [0.5, 0.6) is 11.5 Å². The van der Waals surface area contributed by atoms with Crippen molar-refractivity contribution in [2.24, 2.45) is 5.92 Å². The van der Waals surface area contributed by atoms with Gasteiger partial charge in [-0.05, 0) is 25.0 Å². The fraction of sp³-hybridized carbons (Fsp3) is 0.429. The standard InChI is InChI=1S/C14H14F2N2O5/c15-14(16)22-10-2-1-9(7-11(10)23-14)17-13(21)18-5-3-8(4-6-18)12(19)20/h1-2,7-8H,3-6H2,(H,17,21)(H,19,20). The van der Waals surface area contributed by atoms with Gasteiger partial charge in [0.2, 0.25) is 0 Å². The Morgan fingerprint density at radius 3 is 2.52 bits per heavy atom. The quantitative estimate of drug-likeness (QED) is 0.870. The number of nitrogens with zero attached hydrogens (tertiary/aromatic N) is 1. The van der Waals surface area contributed by atoms with Crippen LogP contribution in [0.25, 0.3) is 0 Å². The molecule has 2 amide bonds. The number of piperidine rings is 1. The lowest BCUT2D eigenvalue weighted by Crippen LogP contribution is -2.42. The third kappa shape index (κ3) is 3.27. The highest BCUT2D eigenvalue weighted by Gasteiger charge is 2.43. The van der Waals surface area contributed by atoms with Gasteiger partial charge in [-0.15, -0.1) is 8.78 Å². The molecular weight excluding hydrogens is 314 g/mol. The van der Waals surface area contributed by atoms with Crippen LogP contribution >= 0.6 is 0 Å². The van der Waals surface area contributed by atoms with Gasteiger partial charge in [-0.3, -0.25) is 4.79 Å². The molecule has 1 fully saturated rings. The third-order valence-corrected chi connectivity index (χ3v) is 3.78. The second-order valence-electron chi connectivity index (χ2n) is 5.36. The van der Waals surface area contributed by atoms with Gasteiger partial charge in [0, 0.05) is 24.8 Å². The summed E-state index contributed by atoms with van der Waals surface area (Å²) in [5.74, 6) is -1.55. The van der Waals surface area contributed by atoms with E-state index in [9.17, 15) is 18.4 Å². The monoisotopic (exact) mass is 328 g/mol. The summed E-state index contributed by atoms with van der Waals surface area (Å²) < 4.78 is 34.5. The lowest BCUT2D eigenvalue weighted by Gasteiger charge is -2.30. The third-order valence-electron chi connectivity index (χ3n) is 3.78. The van der Waals surface area contributed by atoms with E-state index in [2.05, 4.69) is 14.8 Å². The Labute approximate surface area is 129 Å². The average Bonchev–Trinajstić information content (AvgIpc) is 2.80. The highest BCUT2D eigenvalue weighted by molar-refractivity contribution is 5.90. The topological polar surface area (TPSA) is 88.1 Å². The zero-order valence-electron chi connectivity index (χ0n) is 11.9. The molecule has 0 aliphatic carbocycles. The molecule has 0 spiro atoms. The van der Waals surface area contributed by atoms with Crippen molar-refractivity contribution in [1.29, 1.82) is 0 Å². The van der Waals surface area contributed by atoms with Gasteiger partial charge >= 0.3 is 18.3 Å². The number of likely N-dealkylation sites (tertiary alicyclic amines) is 1. The highest BCUT2D eigenvalue weighted by Crippen LogP contribution is 2.42. The first-order valence-electron chi connectivity index (χ1n) is 7.03. The Bertz CT molecular complexity index is 644. The molecule has 0 bridgehead atoms. The molecule has 2 N–H and O–H groups in total. The number of benzene rings is 1. The number of anilines is 1. The number of urea groups is 1. The second kappa shape index (κ2) is 5.56. The molecule has 2 heterocycles. The maximum Gasteiger partial charge on any atom is 0.586 e. The number of halogens is 2. The fourth-order valence-corrected chi connectivity index (χ4v) is 2.56. The first-order valence-corrected chi connectivity index (χ1v) is 7.03. The van der Waals surface area contributed by atoms with E-state index in [1.165, 1.54) is 23.1 Å². The maximum atomic E-state index is 12.9. The van der Waals surface area contributed by atoms with E-state index < -0.39 is 24.2 Å². The van der Waals surface area contributed by atoms with E-state index in [1.54, 1.807) is 0 Å². The summed E-state index contributed by atoms with van der Waals surface area (Å²) >= 11 is 0. The van der Waals surface area contributed by atoms with Gasteiger partial charge in [-0.2, -0.15) is 0 Å². The molecule has 7 nitrogen and oxygen atoms in total. The van der Waals surface area contributed by atoms with E-state index in [4.69, 9.17) is 5.11 Å². The number of rotatable bonds is 2. The van der Waals surface area contributed by atoms with E-state index >= 15 is 0 Å². The molecule has 0 unspecified atom stereocenters. The van der Waals surface area contributed by atoms with Crippen molar-refractivity contribution in [1.82, 2.24) is 4.90 Å². The summed E-state index contributed by atoms with van der Waals surface area (Å²) in [6, 6.07) is 3.53. The van der Waals surface area contributed by atoms with Crippen molar-refractivity contribution in [3.8, 4) is 11.5 Å². The zero-order chi connectivity index (χ0) is 16.6. The minimum atomic E-state index is -3.70. The van der Waals surface area contributed by atoms with Gasteiger partial charge in [0.15, 0.2) is 11.5 Å². The van der Waals surface area contributed by atoms with Crippen LogP contribution in [0.4, 0.5) is 19.3 Å². The van der Waals surface area contributed by atoms with Gasteiger partial charge in [0.1, 0.15) is 0 Å². The van der Waals surface area contributed by atoms with Crippen molar-refractivity contribution in [2.75, 3.05) is 18.4 Å². The summed E-state index contributed by atoms with van der Waals surface area (Å²) in [7, 11) is 0. The van der Waals surface area contributed by atoms with Gasteiger partial charge in [-0.1, -0.05) is 0 Å². The molecule has 0 aromatic heterocycles.